The molecular weight excluding hydrogens is 366 g/mol. The van der Waals surface area contributed by atoms with E-state index in [0.29, 0.717) is 12.4 Å². The molecule has 0 radical (unpaired) electrons. The van der Waals surface area contributed by atoms with E-state index >= 15 is 0 Å². The second-order valence-corrected chi connectivity index (χ2v) is 6.74. The molecule has 0 aliphatic heterocycles. The highest BCUT2D eigenvalue weighted by Crippen LogP contribution is 2.15. The van der Waals surface area contributed by atoms with Crippen LogP contribution in [0.4, 0.5) is 0 Å². The third-order valence-corrected chi connectivity index (χ3v) is 4.45. The van der Waals surface area contributed by atoms with Crippen LogP contribution in [0.5, 0.6) is 5.75 Å². The highest BCUT2D eigenvalue weighted by molar-refractivity contribution is 5.85. The van der Waals surface area contributed by atoms with E-state index in [9.17, 15) is 14.7 Å². The van der Waals surface area contributed by atoms with Crippen molar-refractivity contribution in [1.29, 1.82) is 0 Å². The van der Waals surface area contributed by atoms with Crippen molar-refractivity contribution in [2.75, 3.05) is 0 Å². The van der Waals surface area contributed by atoms with Crippen molar-refractivity contribution in [1.82, 2.24) is 5.32 Å². The Balaban J connectivity index is 1.54. The summed E-state index contributed by atoms with van der Waals surface area (Å²) >= 11 is 0. The first-order valence-corrected chi connectivity index (χ1v) is 9.42. The van der Waals surface area contributed by atoms with Gasteiger partial charge in [0.15, 0.2) is 0 Å². The number of carbonyl (C=O) groups is 2. The molecule has 0 heterocycles. The van der Waals surface area contributed by atoms with Crippen LogP contribution in [-0.4, -0.2) is 23.0 Å². The SMILES string of the molecule is O=C(Cc1ccccc1)N[C@@H](Cc1ccc(OCc2ccccc2)cc1)C(=O)O. The molecule has 148 valence electrons. The molecule has 0 aromatic heterocycles. The first-order chi connectivity index (χ1) is 14.1. The first-order valence-electron chi connectivity index (χ1n) is 9.42. The molecule has 29 heavy (non-hydrogen) atoms. The number of aliphatic carboxylic acids is 1. The van der Waals surface area contributed by atoms with Crippen LogP contribution in [-0.2, 0) is 29.0 Å². The highest BCUT2D eigenvalue weighted by atomic mass is 16.5. The molecule has 0 bridgehead atoms. The van der Waals surface area contributed by atoms with Crippen LogP contribution in [0.2, 0.25) is 0 Å². The van der Waals surface area contributed by atoms with Crippen molar-refractivity contribution in [2.24, 2.45) is 0 Å². The fourth-order valence-electron chi connectivity index (χ4n) is 2.93. The molecule has 5 nitrogen and oxygen atoms in total. The monoisotopic (exact) mass is 389 g/mol. The number of ether oxygens (including phenoxy) is 1. The Morgan fingerprint density at radius 2 is 1.38 bits per heavy atom. The average Bonchev–Trinajstić information content (AvgIpc) is 2.74. The summed E-state index contributed by atoms with van der Waals surface area (Å²) in [7, 11) is 0. The lowest BCUT2D eigenvalue weighted by molar-refractivity contribution is -0.141. The number of benzene rings is 3. The van der Waals surface area contributed by atoms with Crippen LogP contribution < -0.4 is 10.1 Å². The summed E-state index contributed by atoms with van der Waals surface area (Å²) in [4.78, 5) is 23.8. The first kappa shape index (κ1) is 20.1. The Hall–Kier alpha value is -3.60. The van der Waals surface area contributed by atoms with Crippen LogP contribution >= 0.6 is 0 Å². The smallest absolute Gasteiger partial charge is 0.326 e. The molecule has 1 amide bonds. The summed E-state index contributed by atoms with van der Waals surface area (Å²) in [6.45, 7) is 0.466. The number of carboxylic acid groups (broad SMARTS) is 1. The zero-order valence-corrected chi connectivity index (χ0v) is 16.0. The lowest BCUT2D eigenvalue weighted by Gasteiger charge is -2.15. The molecular formula is C24H23NO4. The van der Waals surface area contributed by atoms with Crippen molar-refractivity contribution < 1.29 is 19.4 Å². The molecule has 3 aromatic carbocycles. The minimum Gasteiger partial charge on any atom is -0.489 e. The zero-order chi connectivity index (χ0) is 20.5. The highest BCUT2D eigenvalue weighted by Gasteiger charge is 2.20. The molecule has 3 aromatic rings. The van der Waals surface area contributed by atoms with Crippen molar-refractivity contribution in [3.63, 3.8) is 0 Å². The van der Waals surface area contributed by atoms with E-state index in [0.717, 1.165) is 16.7 Å². The van der Waals surface area contributed by atoms with Gasteiger partial charge in [-0.05, 0) is 28.8 Å². The fraction of sp³-hybridized carbons (Fsp3) is 0.167. The summed E-state index contributed by atoms with van der Waals surface area (Å²) in [5.41, 5.74) is 2.72. The van der Waals surface area contributed by atoms with Gasteiger partial charge in [-0.25, -0.2) is 4.79 Å². The molecule has 3 rings (SSSR count). The molecule has 2 N–H and O–H groups in total. The Morgan fingerprint density at radius 1 is 0.793 bits per heavy atom. The Bertz CT molecular complexity index is 924. The maximum Gasteiger partial charge on any atom is 0.326 e. The number of carboxylic acids is 1. The molecule has 1 atom stereocenters. The van der Waals surface area contributed by atoms with Crippen LogP contribution in [0.1, 0.15) is 16.7 Å². The van der Waals surface area contributed by atoms with Gasteiger partial charge in [-0.15, -0.1) is 0 Å². The summed E-state index contributed by atoms with van der Waals surface area (Å²) in [5, 5.41) is 12.1. The number of hydrogen-bond donors (Lipinski definition) is 2. The molecule has 0 unspecified atom stereocenters. The average molecular weight is 389 g/mol. The maximum absolute atomic E-state index is 12.2. The van der Waals surface area contributed by atoms with Crippen LogP contribution in [0, 0.1) is 0 Å². The third kappa shape index (κ3) is 6.50. The minimum absolute atomic E-state index is 0.150. The summed E-state index contributed by atoms with van der Waals surface area (Å²) in [6, 6.07) is 25.4. The van der Waals surface area contributed by atoms with E-state index < -0.39 is 12.0 Å². The molecule has 0 aliphatic rings. The number of hydrogen-bond acceptors (Lipinski definition) is 3. The third-order valence-electron chi connectivity index (χ3n) is 4.45. The van der Waals surface area contributed by atoms with Gasteiger partial charge in [0.05, 0.1) is 6.42 Å². The Labute approximate surface area is 170 Å². The van der Waals surface area contributed by atoms with Crippen LogP contribution in [0.3, 0.4) is 0 Å². The van der Waals surface area contributed by atoms with Gasteiger partial charge < -0.3 is 15.2 Å². The van der Waals surface area contributed by atoms with Gasteiger partial charge in [-0.2, -0.15) is 0 Å². The van der Waals surface area contributed by atoms with Crippen molar-refractivity contribution >= 4 is 11.9 Å². The van der Waals surface area contributed by atoms with Crippen molar-refractivity contribution in [3.8, 4) is 5.75 Å². The quantitative estimate of drug-likeness (QED) is 0.586. The lowest BCUT2D eigenvalue weighted by atomic mass is 10.0. The topological polar surface area (TPSA) is 75.6 Å². The fourth-order valence-corrected chi connectivity index (χ4v) is 2.93. The predicted molar refractivity (Wildman–Crippen MR) is 111 cm³/mol. The van der Waals surface area contributed by atoms with Crippen molar-refractivity contribution in [3.05, 3.63) is 102 Å². The zero-order valence-electron chi connectivity index (χ0n) is 16.0. The summed E-state index contributed by atoms with van der Waals surface area (Å²) in [5.74, 6) is -0.667. The normalized spacial score (nSPS) is 11.4. The van der Waals surface area contributed by atoms with E-state index in [1.807, 2.05) is 84.9 Å². The van der Waals surface area contributed by atoms with Crippen molar-refractivity contribution in [2.45, 2.75) is 25.5 Å². The number of amides is 1. The van der Waals surface area contributed by atoms with E-state index in [1.54, 1.807) is 0 Å². The second-order valence-electron chi connectivity index (χ2n) is 6.74. The van der Waals surface area contributed by atoms with Gasteiger partial charge in [-0.1, -0.05) is 72.8 Å². The van der Waals surface area contributed by atoms with E-state index in [1.165, 1.54) is 0 Å². The lowest BCUT2D eigenvalue weighted by Crippen LogP contribution is -2.43. The molecule has 0 fully saturated rings. The summed E-state index contributed by atoms with van der Waals surface area (Å²) in [6.07, 6.45) is 0.353. The minimum atomic E-state index is -1.06. The van der Waals surface area contributed by atoms with E-state index in [-0.39, 0.29) is 18.7 Å². The number of carbonyl (C=O) groups excluding carboxylic acids is 1. The van der Waals surface area contributed by atoms with Gasteiger partial charge >= 0.3 is 5.97 Å². The Kier molecular flexibility index (Phi) is 7.00. The van der Waals surface area contributed by atoms with Crippen LogP contribution in [0.25, 0.3) is 0 Å². The van der Waals surface area contributed by atoms with Gasteiger partial charge in [0.1, 0.15) is 18.4 Å². The maximum atomic E-state index is 12.2. The molecule has 0 aliphatic carbocycles. The molecule has 0 saturated carbocycles. The largest absolute Gasteiger partial charge is 0.489 e. The number of nitrogens with one attached hydrogen (secondary N) is 1. The summed E-state index contributed by atoms with van der Waals surface area (Å²) < 4.78 is 5.74. The standard InChI is InChI=1S/C24H23NO4/c26-23(16-18-7-3-1-4-8-18)25-22(24(27)28)15-19-11-13-21(14-12-19)29-17-20-9-5-2-6-10-20/h1-14,22H,15-17H2,(H,25,26)(H,27,28)/t22-/m0/s1. The van der Waals surface area contributed by atoms with Gasteiger partial charge in [-0.3, -0.25) is 4.79 Å². The molecule has 0 spiro atoms. The van der Waals surface area contributed by atoms with E-state index in [2.05, 4.69) is 5.32 Å². The molecule has 0 saturated heterocycles. The van der Waals surface area contributed by atoms with Gasteiger partial charge in [0.25, 0.3) is 0 Å². The van der Waals surface area contributed by atoms with Gasteiger partial charge in [0, 0.05) is 6.42 Å². The van der Waals surface area contributed by atoms with Crippen LogP contribution in [0.15, 0.2) is 84.9 Å². The number of rotatable bonds is 9. The van der Waals surface area contributed by atoms with E-state index in [4.69, 9.17) is 4.74 Å². The second kappa shape index (κ2) is 10.1. The Morgan fingerprint density at radius 3 is 1.97 bits per heavy atom. The molecule has 5 heteroatoms. The predicted octanol–water partition coefficient (Wildman–Crippen LogP) is 3.62. The van der Waals surface area contributed by atoms with Gasteiger partial charge in [0.2, 0.25) is 5.91 Å².